The van der Waals surface area contributed by atoms with Crippen LogP contribution in [-0.4, -0.2) is 29.0 Å². The van der Waals surface area contributed by atoms with E-state index in [1.54, 1.807) is 0 Å². The molecule has 4 N–H and O–H groups in total. The van der Waals surface area contributed by atoms with E-state index in [0.29, 0.717) is 0 Å². The monoisotopic (exact) mass is 301 g/mol. The average molecular weight is 302 g/mol. The van der Waals surface area contributed by atoms with Crippen molar-refractivity contribution in [3.8, 4) is 0 Å². The topological polar surface area (TPSA) is 66.5 Å². The molecular weight excluding hydrogens is 262 g/mol. The van der Waals surface area contributed by atoms with Crippen LogP contribution in [0.5, 0.6) is 0 Å². The lowest BCUT2D eigenvalue weighted by Crippen LogP contribution is -2.37. The summed E-state index contributed by atoms with van der Waals surface area (Å²) in [6.45, 7) is 2.14. The van der Waals surface area contributed by atoms with Crippen molar-refractivity contribution in [1.82, 2.24) is 0 Å². The lowest BCUT2D eigenvalue weighted by atomic mass is 10.0. The van der Waals surface area contributed by atoms with Crippen molar-refractivity contribution in [3.05, 3.63) is 0 Å². The van der Waals surface area contributed by atoms with Crippen LogP contribution < -0.4 is 5.73 Å². The van der Waals surface area contributed by atoms with E-state index in [1.807, 2.05) is 0 Å². The molecule has 2 atom stereocenters. The van der Waals surface area contributed by atoms with E-state index in [9.17, 15) is 5.11 Å². The predicted octanol–water partition coefficient (Wildman–Crippen LogP) is 4.15. The maximum atomic E-state index is 9.61. The standard InChI is InChI=1S/C18H39NO2/c1-2-3-4-5-6-7-8-9-10-11-12-13-14-15-18(21)17(19)16-20/h17-18,20-21H,2-16,19H2,1H3/t17-,18-/m0/s1. The van der Waals surface area contributed by atoms with Gasteiger partial charge < -0.3 is 15.9 Å². The molecule has 3 nitrogen and oxygen atoms in total. The fraction of sp³-hybridized carbons (Fsp3) is 1.00. The lowest BCUT2D eigenvalue weighted by molar-refractivity contribution is 0.0990. The lowest BCUT2D eigenvalue weighted by Gasteiger charge is -2.15. The first-order chi connectivity index (χ1) is 10.2. The molecule has 0 amide bonds. The van der Waals surface area contributed by atoms with Gasteiger partial charge >= 0.3 is 0 Å². The van der Waals surface area contributed by atoms with E-state index < -0.39 is 12.1 Å². The molecule has 21 heavy (non-hydrogen) atoms. The SMILES string of the molecule is CCCCCCCCCCCCCCC[C@H](O)[C@@H](N)CO. The van der Waals surface area contributed by atoms with Gasteiger partial charge in [-0.2, -0.15) is 0 Å². The Balaban J connectivity index is 3.09. The number of rotatable bonds is 16. The van der Waals surface area contributed by atoms with Crippen LogP contribution in [-0.2, 0) is 0 Å². The molecule has 0 fully saturated rings. The van der Waals surface area contributed by atoms with Crippen LogP contribution >= 0.6 is 0 Å². The molecule has 0 unspecified atom stereocenters. The Morgan fingerprint density at radius 2 is 1.10 bits per heavy atom. The molecule has 0 spiro atoms. The minimum Gasteiger partial charge on any atom is -0.395 e. The summed E-state index contributed by atoms with van der Waals surface area (Å²) in [5.74, 6) is 0. The maximum absolute atomic E-state index is 9.61. The van der Waals surface area contributed by atoms with E-state index in [-0.39, 0.29) is 6.61 Å². The summed E-state index contributed by atoms with van der Waals surface area (Å²) >= 11 is 0. The molecule has 0 rings (SSSR count). The highest BCUT2D eigenvalue weighted by Crippen LogP contribution is 2.13. The normalized spacial score (nSPS) is 14.3. The third-order valence-electron chi connectivity index (χ3n) is 4.31. The first-order valence-electron chi connectivity index (χ1n) is 9.26. The minimum atomic E-state index is -0.539. The van der Waals surface area contributed by atoms with Crippen LogP contribution in [0.15, 0.2) is 0 Å². The number of nitrogens with two attached hydrogens (primary N) is 1. The molecule has 128 valence electrons. The number of unbranched alkanes of at least 4 members (excludes halogenated alkanes) is 12. The molecule has 0 aromatic carbocycles. The highest BCUT2D eigenvalue weighted by Gasteiger charge is 2.12. The molecule has 3 heteroatoms. The van der Waals surface area contributed by atoms with Crippen LogP contribution in [0.25, 0.3) is 0 Å². The molecule has 0 heterocycles. The van der Waals surface area contributed by atoms with Crippen molar-refractivity contribution < 1.29 is 10.2 Å². The van der Waals surface area contributed by atoms with E-state index >= 15 is 0 Å². The zero-order valence-corrected chi connectivity index (χ0v) is 14.2. The molecule has 0 bridgehead atoms. The van der Waals surface area contributed by atoms with Gasteiger partial charge in [-0.3, -0.25) is 0 Å². The van der Waals surface area contributed by atoms with E-state index in [4.69, 9.17) is 10.8 Å². The quantitative estimate of drug-likeness (QED) is 0.375. The summed E-state index contributed by atoms with van der Waals surface area (Å²) < 4.78 is 0. The third-order valence-corrected chi connectivity index (χ3v) is 4.31. The molecule has 0 aromatic rings. The molecule has 0 aromatic heterocycles. The Bertz CT molecular complexity index is 200. The second-order valence-electron chi connectivity index (χ2n) is 6.45. The summed E-state index contributed by atoms with van der Waals surface area (Å²) in [7, 11) is 0. The van der Waals surface area contributed by atoms with Gasteiger partial charge in [0.15, 0.2) is 0 Å². The van der Waals surface area contributed by atoms with Crippen molar-refractivity contribution in [2.75, 3.05) is 6.61 Å². The largest absolute Gasteiger partial charge is 0.395 e. The van der Waals surface area contributed by atoms with Gasteiger partial charge in [0.25, 0.3) is 0 Å². The predicted molar refractivity (Wildman–Crippen MR) is 91.4 cm³/mol. The average Bonchev–Trinajstić information content (AvgIpc) is 2.50. The van der Waals surface area contributed by atoms with Crippen molar-refractivity contribution in [2.24, 2.45) is 5.73 Å². The zero-order chi connectivity index (χ0) is 15.8. The molecule has 0 saturated carbocycles. The Kier molecular flexibility index (Phi) is 16.2. The second-order valence-corrected chi connectivity index (χ2v) is 6.45. The first-order valence-corrected chi connectivity index (χ1v) is 9.26. The second kappa shape index (κ2) is 16.3. The Labute approximate surface area is 132 Å². The van der Waals surface area contributed by atoms with Crippen molar-refractivity contribution >= 4 is 0 Å². The summed E-state index contributed by atoms with van der Waals surface area (Å²) in [4.78, 5) is 0. The molecule has 0 aliphatic carbocycles. The first kappa shape index (κ1) is 20.9. The number of aliphatic hydroxyl groups excluding tert-OH is 2. The van der Waals surface area contributed by atoms with Gasteiger partial charge in [0.2, 0.25) is 0 Å². The van der Waals surface area contributed by atoms with E-state index in [0.717, 1.165) is 12.8 Å². The highest BCUT2D eigenvalue weighted by atomic mass is 16.3. The summed E-state index contributed by atoms with van der Waals surface area (Å²) in [5.41, 5.74) is 5.56. The molecule has 0 saturated heterocycles. The summed E-state index contributed by atoms with van der Waals surface area (Å²) in [6.07, 6.45) is 17.5. The molecule has 0 radical (unpaired) electrons. The van der Waals surface area contributed by atoms with Gasteiger partial charge in [-0.05, 0) is 6.42 Å². The fourth-order valence-electron chi connectivity index (χ4n) is 2.71. The van der Waals surface area contributed by atoms with Crippen LogP contribution in [0.2, 0.25) is 0 Å². The van der Waals surface area contributed by atoms with Gasteiger partial charge in [0.05, 0.1) is 18.8 Å². The highest BCUT2D eigenvalue weighted by molar-refractivity contribution is 4.70. The van der Waals surface area contributed by atoms with Gasteiger partial charge in [-0.1, -0.05) is 90.4 Å². The number of aliphatic hydroxyl groups is 2. The molecular formula is C18H39NO2. The Morgan fingerprint density at radius 1 is 0.714 bits per heavy atom. The van der Waals surface area contributed by atoms with Crippen molar-refractivity contribution in [3.63, 3.8) is 0 Å². The van der Waals surface area contributed by atoms with E-state index in [1.165, 1.54) is 77.0 Å². The van der Waals surface area contributed by atoms with Crippen LogP contribution in [0.1, 0.15) is 96.8 Å². The zero-order valence-electron chi connectivity index (χ0n) is 14.2. The van der Waals surface area contributed by atoms with Gasteiger partial charge in [0, 0.05) is 0 Å². The number of hydrogen-bond acceptors (Lipinski definition) is 3. The fourth-order valence-corrected chi connectivity index (χ4v) is 2.71. The molecule has 0 aliphatic rings. The third kappa shape index (κ3) is 14.6. The maximum Gasteiger partial charge on any atom is 0.0713 e. The van der Waals surface area contributed by atoms with Crippen LogP contribution in [0, 0.1) is 0 Å². The van der Waals surface area contributed by atoms with Crippen LogP contribution in [0.3, 0.4) is 0 Å². The van der Waals surface area contributed by atoms with Gasteiger partial charge in [-0.15, -0.1) is 0 Å². The van der Waals surface area contributed by atoms with Gasteiger partial charge in [-0.25, -0.2) is 0 Å². The summed E-state index contributed by atoms with van der Waals surface area (Å²) in [5, 5.41) is 18.4. The number of hydrogen-bond donors (Lipinski definition) is 3. The smallest absolute Gasteiger partial charge is 0.0713 e. The van der Waals surface area contributed by atoms with E-state index in [2.05, 4.69) is 6.92 Å². The van der Waals surface area contributed by atoms with Crippen molar-refractivity contribution in [2.45, 2.75) is 109 Å². The van der Waals surface area contributed by atoms with Crippen LogP contribution in [0.4, 0.5) is 0 Å². The molecule has 0 aliphatic heterocycles. The Hall–Kier alpha value is -0.120. The van der Waals surface area contributed by atoms with Crippen molar-refractivity contribution in [1.29, 1.82) is 0 Å². The van der Waals surface area contributed by atoms with Gasteiger partial charge in [0.1, 0.15) is 0 Å². The summed E-state index contributed by atoms with van der Waals surface area (Å²) in [6, 6.07) is -0.470. The minimum absolute atomic E-state index is 0.125. The Morgan fingerprint density at radius 3 is 1.48 bits per heavy atom.